The topological polar surface area (TPSA) is 67.5 Å². The number of hydrogen-bond acceptors (Lipinski definition) is 6. The maximum atomic E-state index is 5.77. The minimum atomic E-state index is 0.764. The third kappa shape index (κ3) is 2.35. The molecule has 0 amide bonds. The molecule has 22 heavy (non-hydrogen) atoms. The summed E-state index contributed by atoms with van der Waals surface area (Å²) in [5.41, 5.74) is 10.1. The van der Waals surface area contributed by atoms with E-state index in [9.17, 15) is 0 Å². The first-order valence-electron chi connectivity index (χ1n) is 7.57. The van der Waals surface area contributed by atoms with Gasteiger partial charge < -0.3 is 20.3 Å². The van der Waals surface area contributed by atoms with E-state index in [-0.39, 0.29) is 0 Å². The molecule has 1 fully saturated rings. The fourth-order valence-electron chi connectivity index (χ4n) is 3.08. The van der Waals surface area contributed by atoms with Crippen molar-refractivity contribution in [3.63, 3.8) is 0 Å². The first-order chi connectivity index (χ1) is 10.8. The van der Waals surface area contributed by atoms with Crippen LogP contribution in [0.25, 0.3) is 0 Å². The Morgan fingerprint density at radius 1 is 0.955 bits per heavy atom. The van der Waals surface area contributed by atoms with Crippen LogP contribution in [-0.2, 0) is 17.8 Å². The van der Waals surface area contributed by atoms with Crippen molar-refractivity contribution >= 4 is 17.2 Å². The molecule has 1 aromatic heterocycles. The molecule has 2 N–H and O–H groups in total. The van der Waals surface area contributed by atoms with Crippen LogP contribution < -0.4 is 15.5 Å². The molecule has 6 nitrogen and oxygen atoms in total. The first kappa shape index (κ1) is 13.3. The summed E-state index contributed by atoms with van der Waals surface area (Å²) in [6.45, 7) is 4.98. The molecule has 1 aromatic carbocycles. The van der Waals surface area contributed by atoms with Gasteiger partial charge in [-0.2, -0.15) is 0 Å². The Bertz CT molecular complexity index is 667. The second kappa shape index (κ2) is 5.46. The molecule has 1 saturated heterocycles. The quantitative estimate of drug-likeness (QED) is 0.846. The van der Waals surface area contributed by atoms with Crippen molar-refractivity contribution in [3.05, 3.63) is 41.9 Å². The van der Waals surface area contributed by atoms with Gasteiger partial charge >= 0.3 is 0 Å². The average Bonchev–Trinajstić information content (AvgIpc) is 3.00. The maximum absolute atomic E-state index is 5.77. The lowest BCUT2D eigenvalue weighted by atomic mass is 10.2. The van der Waals surface area contributed by atoms with Crippen molar-refractivity contribution in [2.45, 2.75) is 13.1 Å². The van der Waals surface area contributed by atoms with Crippen molar-refractivity contribution < 1.29 is 4.74 Å². The van der Waals surface area contributed by atoms with E-state index in [0.717, 1.165) is 56.6 Å². The number of fused-ring (bicyclic) bond motifs is 1. The van der Waals surface area contributed by atoms with Gasteiger partial charge in [-0.25, -0.2) is 9.97 Å². The number of rotatable bonds is 2. The van der Waals surface area contributed by atoms with E-state index in [4.69, 9.17) is 10.5 Å². The van der Waals surface area contributed by atoms with E-state index in [1.165, 1.54) is 11.3 Å². The molecule has 0 bridgehead atoms. The molecule has 2 aliphatic heterocycles. The van der Waals surface area contributed by atoms with Gasteiger partial charge in [-0.3, -0.25) is 0 Å². The predicted octanol–water partition coefficient (Wildman–Crippen LogP) is 1.42. The van der Waals surface area contributed by atoms with Crippen molar-refractivity contribution in [3.8, 4) is 0 Å². The van der Waals surface area contributed by atoms with Crippen LogP contribution in [0.15, 0.2) is 30.6 Å². The monoisotopic (exact) mass is 297 g/mol. The Kier molecular flexibility index (Phi) is 3.31. The average molecular weight is 297 g/mol. The summed E-state index contributed by atoms with van der Waals surface area (Å²) in [6.07, 6.45) is 1.68. The predicted molar refractivity (Wildman–Crippen MR) is 85.8 cm³/mol. The summed E-state index contributed by atoms with van der Waals surface area (Å²) in [4.78, 5) is 13.6. The highest BCUT2D eigenvalue weighted by Crippen LogP contribution is 2.32. The molecule has 3 heterocycles. The normalized spacial score (nSPS) is 17.6. The summed E-state index contributed by atoms with van der Waals surface area (Å²) in [6, 6.07) is 7.99. The molecular formula is C16H19N5O. The zero-order valence-electron chi connectivity index (χ0n) is 12.4. The lowest BCUT2D eigenvalue weighted by Crippen LogP contribution is -2.37. The highest BCUT2D eigenvalue weighted by atomic mass is 16.5. The van der Waals surface area contributed by atoms with Crippen LogP contribution in [0.1, 0.15) is 11.3 Å². The zero-order valence-corrected chi connectivity index (χ0v) is 12.4. The van der Waals surface area contributed by atoms with Crippen LogP contribution in [0.4, 0.5) is 17.2 Å². The third-order valence-electron chi connectivity index (χ3n) is 4.27. The molecule has 6 heteroatoms. The summed E-state index contributed by atoms with van der Waals surface area (Å²) in [5, 5.41) is 0. The lowest BCUT2D eigenvalue weighted by Gasteiger charge is -2.29. The number of morpholine rings is 1. The Balaban J connectivity index is 1.61. The van der Waals surface area contributed by atoms with Crippen molar-refractivity contribution in [2.24, 2.45) is 0 Å². The highest BCUT2D eigenvalue weighted by molar-refractivity contribution is 5.59. The number of anilines is 3. The zero-order chi connectivity index (χ0) is 14.9. The summed E-state index contributed by atoms with van der Waals surface area (Å²) >= 11 is 0. The van der Waals surface area contributed by atoms with E-state index in [1.54, 1.807) is 6.33 Å². The number of nitrogens with two attached hydrogens (primary N) is 1. The molecule has 2 aromatic rings. The summed E-state index contributed by atoms with van der Waals surface area (Å²) < 4.78 is 5.43. The molecule has 0 atom stereocenters. The van der Waals surface area contributed by atoms with Gasteiger partial charge in [-0.05, 0) is 24.3 Å². The van der Waals surface area contributed by atoms with Gasteiger partial charge in [0.25, 0.3) is 0 Å². The van der Waals surface area contributed by atoms with Gasteiger partial charge in [0, 0.05) is 36.6 Å². The second-order valence-corrected chi connectivity index (χ2v) is 5.67. The van der Waals surface area contributed by atoms with Crippen LogP contribution in [0, 0.1) is 0 Å². The van der Waals surface area contributed by atoms with E-state index in [1.807, 2.05) is 12.1 Å². The molecule has 0 saturated carbocycles. The maximum Gasteiger partial charge on any atom is 0.137 e. The largest absolute Gasteiger partial charge is 0.399 e. The number of nitrogen functional groups attached to an aromatic ring is 1. The van der Waals surface area contributed by atoms with E-state index < -0.39 is 0 Å². The molecule has 114 valence electrons. The fraction of sp³-hybridized carbons (Fsp3) is 0.375. The molecule has 2 aliphatic rings. The number of benzene rings is 1. The van der Waals surface area contributed by atoms with Gasteiger partial charge in [0.15, 0.2) is 0 Å². The number of aromatic nitrogens is 2. The molecule has 4 rings (SSSR count). The van der Waals surface area contributed by atoms with Crippen LogP contribution in [-0.4, -0.2) is 36.3 Å². The van der Waals surface area contributed by atoms with E-state index in [0.29, 0.717) is 0 Å². The molecule has 0 aliphatic carbocycles. The van der Waals surface area contributed by atoms with E-state index >= 15 is 0 Å². The van der Waals surface area contributed by atoms with Gasteiger partial charge in [-0.1, -0.05) is 0 Å². The Morgan fingerprint density at radius 3 is 2.50 bits per heavy atom. The van der Waals surface area contributed by atoms with Crippen molar-refractivity contribution in [1.82, 2.24) is 9.97 Å². The smallest absolute Gasteiger partial charge is 0.137 e. The summed E-state index contributed by atoms with van der Waals surface area (Å²) in [7, 11) is 0. The van der Waals surface area contributed by atoms with Gasteiger partial charge in [0.05, 0.1) is 25.5 Å². The Hall–Kier alpha value is -2.34. The first-order valence-corrected chi connectivity index (χ1v) is 7.57. The van der Waals surface area contributed by atoms with Crippen molar-refractivity contribution in [2.75, 3.05) is 41.8 Å². The third-order valence-corrected chi connectivity index (χ3v) is 4.27. The SMILES string of the molecule is Nc1ccc(N2Cc3ncnc(N4CCOCC4)c3C2)cc1. The Morgan fingerprint density at radius 2 is 1.73 bits per heavy atom. The minimum Gasteiger partial charge on any atom is -0.399 e. The molecule has 0 unspecified atom stereocenters. The van der Waals surface area contributed by atoms with Crippen LogP contribution in [0.3, 0.4) is 0 Å². The molecule has 0 radical (unpaired) electrons. The second-order valence-electron chi connectivity index (χ2n) is 5.67. The molecule has 0 spiro atoms. The van der Waals surface area contributed by atoms with Crippen LogP contribution in [0.2, 0.25) is 0 Å². The van der Waals surface area contributed by atoms with Crippen molar-refractivity contribution in [1.29, 1.82) is 0 Å². The van der Waals surface area contributed by atoms with Crippen LogP contribution in [0.5, 0.6) is 0 Å². The molecular weight excluding hydrogens is 278 g/mol. The fourth-order valence-corrected chi connectivity index (χ4v) is 3.08. The Labute approximate surface area is 129 Å². The minimum absolute atomic E-state index is 0.764. The number of ether oxygens (including phenoxy) is 1. The van der Waals surface area contributed by atoms with Crippen LogP contribution >= 0.6 is 0 Å². The van der Waals surface area contributed by atoms with Gasteiger partial charge in [0.1, 0.15) is 12.1 Å². The highest BCUT2D eigenvalue weighted by Gasteiger charge is 2.27. The van der Waals surface area contributed by atoms with Gasteiger partial charge in [0.2, 0.25) is 0 Å². The number of nitrogens with zero attached hydrogens (tertiary/aromatic N) is 4. The summed E-state index contributed by atoms with van der Waals surface area (Å²) in [5.74, 6) is 1.06. The van der Waals surface area contributed by atoms with Gasteiger partial charge in [-0.15, -0.1) is 0 Å². The standard InChI is InChI=1S/C16H19N5O/c17-12-1-3-13(4-2-12)21-9-14-15(10-21)18-11-19-16(14)20-5-7-22-8-6-20/h1-4,11H,5-10,17H2. The lowest BCUT2D eigenvalue weighted by molar-refractivity contribution is 0.122. The van der Waals surface area contributed by atoms with E-state index in [2.05, 4.69) is 31.9 Å². The number of hydrogen-bond donors (Lipinski definition) is 1.